The summed E-state index contributed by atoms with van der Waals surface area (Å²) in [6, 6.07) is 10.6. The van der Waals surface area contributed by atoms with Crippen molar-refractivity contribution in [2.75, 3.05) is 5.32 Å². The van der Waals surface area contributed by atoms with Gasteiger partial charge in [-0.15, -0.1) is 0 Å². The van der Waals surface area contributed by atoms with Crippen LogP contribution in [-0.4, -0.2) is 29.8 Å². The van der Waals surface area contributed by atoms with Crippen LogP contribution in [0.15, 0.2) is 47.7 Å². The fourth-order valence-electron chi connectivity index (χ4n) is 5.90. The Morgan fingerprint density at radius 3 is 2.61 bits per heavy atom. The lowest BCUT2D eigenvalue weighted by atomic mass is 9.89. The Hall–Kier alpha value is -3.93. The zero-order valence-corrected chi connectivity index (χ0v) is 20.4. The number of H-pyrrole nitrogens is 1. The Balaban J connectivity index is 1.36. The number of aryl methyl sites for hydroxylation is 1. The van der Waals surface area contributed by atoms with Gasteiger partial charge in [-0.1, -0.05) is 18.9 Å². The second-order valence-corrected chi connectivity index (χ2v) is 10.2. The molecule has 3 heterocycles. The van der Waals surface area contributed by atoms with Crippen LogP contribution in [0.2, 0.25) is 0 Å². The zero-order valence-electron chi connectivity index (χ0n) is 20.4. The molecule has 0 aliphatic heterocycles. The largest absolute Gasteiger partial charge is 0.338 e. The number of aromatic nitrogens is 6. The molecule has 0 bridgehead atoms. The molecule has 2 aliphatic rings. The van der Waals surface area contributed by atoms with Crippen molar-refractivity contribution in [3.8, 4) is 6.07 Å². The molecule has 4 aromatic rings. The van der Waals surface area contributed by atoms with Gasteiger partial charge in [0.1, 0.15) is 5.39 Å². The van der Waals surface area contributed by atoms with E-state index >= 15 is 0 Å². The van der Waals surface area contributed by atoms with Gasteiger partial charge < -0.3 is 10.3 Å². The van der Waals surface area contributed by atoms with E-state index in [1.54, 1.807) is 18.6 Å². The van der Waals surface area contributed by atoms with Crippen molar-refractivity contribution in [2.24, 2.45) is 11.8 Å². The summed E-state index contributed by atoms with van der Waals surface area (Å²) in [7, 11) is 0. The van der Waals surface area contributed by atoms with Gasteiger partial charge in [0.05, 0.1) is 42.5 Å². The number of aromatic amines is 1. The molecule has 2 saturated carbocycles. The quantitative estimate of drug-likeness (QED) is 0.364. The fraction of sp³-hybridized carbons (Fsp3) is 0.444. The molecule has 2 aliphatic carbocycles. The van der Waals surface area contributed by atoms with Gasteiger partial charge in [-0.3, -0.25) is 9.48 Å². The summed E-state index contributed by atoms with van der Waals surface area (Å²) in [6.45, 7) is 2.12. The molecule has 3 aromatic heterocycles. The number of fused-ring (bicyclic) bond motifs is 1. The molecule has 184 valence electrons. The third kappa shape index (κ3) is 4.06. The van der Waals surface area contributed by atoms with Gasteiger partial charge in [-0.25, -0.2) is 0 Å². The van der Waals surface area contributed by atoms with E-state index in [1.165, 1.54) is 31.2 Å². The third-order valence-corrected chi connectivity index (χ3v) is 7.79. The predicted molar refractivity (Wildman–Crippen MR) is 137 cm³/mol. The first-order valence-electron chi connectivity index (χ1n) is 12.8. The highest BCUT2D eigenvalue weighted by atomic mass is 16.1. The molecule has 0 amide bonds. The van der Waals surface area contributed by atoms with Crippen LogP contribution in [0.1, 0.15) is 68.2 Å². The lowest BCUT2D eigenvalue weighted by molar-refractivity contribution is 0.327. The standard InChI is InChI=1S/C27H30N8O/c1-17-16-20(8-9-21(17)25(19-4-2-3-5-19)35-30-14-15-31-35)32-26-24-23(11-13-29-27(24)36)34(33-26)22(10-12-28)18-6-7-18/h8-9,11,13-16,18-19,22,25H,2-7,10H2,1H3,(H,29,36)(H,32,33)/t22?,25-/m0/s1. The number of anilines is 2. The molecule has 1 aromatic carbocycles. The van der Waals surface area contributed by atoms with Crippen LogP contribution in [0, 0.1) is 30.1 Å². The third-order valence-electron chi connectivity index (χ3n) is 7.79. The van der Waals surface area contributed by atoms with Crippen LogP contribution < -0.4 is 10.9 Å². The summed E-state index contributed by atoms with van der Waals surface area (Å²) in [5.41, 5.74) is 3.81. The lowest BCUT2D eigenvalue weighted by Crippen LogP contribution is -2.22. The van der Waals surface area contributed by atoms with Crippen LogP contribution in [0.3, 0.4) is 0 Å². The van der Waals surface area contributed by atoms with Crippen LogP contribution in [0.4, 0.5) is 11.5 Å². The van der Waals surface area contributed by atoms with E-state index in [0.29, 0.717) is 29.5 Å². The number of benzene rings is 1. The van der Waals surface area contributed by atoms with E-state index in [0.717, 1.165) is 29.6 Å². The summed E-state index contributed by atoms with van der Waals surface area (Å²) in [5.74, 6) is 1.47. The number of nitriles is 1. The normalized spacial score (nSPS) is 17.8. The molecular weight excluding hydrogens is 452 g/mol. The smallest absolute Gasteiger partial charge is 0.261 e. The van der Waals surface area contributed by atoms with E-state index < -0.39 is 0 Å². The van der Waals surface area contributed by atoms with Gasteiger partial charge in [0.15, 0.2) is 5.82 Å². The first kappa shape index (κ1) is 22.5. The molecule has 9 heteroatoms. The Morgan fingerprint density at radius 1 is 1.14 bits per heavy atom. The zero-order chi connectivity index (χ0) is 24.6. The maximum absolute atomic E-state index is 12.8. The van der Waals surface area contributed by atoms with Crippen molar-refractivity contribution in [3.63, 3.8) is 0 Å². The Kier molecular flexibility index (Phi) is 5.80. The lowest BCUT2D eigenvalue weighted by Gasteiger charge is -2.25. The second kappa shape index (κ2) is 9.26. The molecule has 0 saturated heterocycles. The van der Waals surface area contributed by atoms with Crippen molar-refractivity contribution in [1.29, 1.82) is 5.26 Å². The van der Waals surface area contributed by atoms with E-state index in [2.05, 4.69) is 45.6 Å². The Bertz CT molecular complexity index is 1470. The minimum absolute atomic E-state index is 0.0206. The number of nitrogens with zero attached hydrogens (tertiary/aromatic N) is 6. The minimum atomic E-state index is -0.188. The first-order chi connectivity index (χ1) is 17.6. The fourth-order valence-corrected chi connectivity index (χ4v) is 5.90. The van der Waals surface area contributed by atoms with Gasteiger partial charge in [0.2, 0.25) is 0 Å². The van der Waals surface area contributed by atoms with Crippen LogP contribution in [0.5, 0.6) is 0 Å². The van der Waals surface area contributed by atoms with Gasteiger partial charge in [0, 0.05) is 11.9 Å². The van der Waals surface area contributed by atoms with Crippen molar-refractivity contribution < 1.29 is 0 Å². The molecule has 2 atom stereocenters. The topological polar surface area (TPSA) is 117 Å². The highest BCUT2D eigenvalue weighted by Crippen LogP contribution is 2.43. The number of rotatable bonds is 8. The Labute approximate surface area is 209 Å². The maximum Gasteiger partial charge on any atom is 0.261 e. The molecule has 9 nitrogen and oxygen atoms in total. The molecule has 6 rings (SSSR count). The van der Waals surface area contributed by atoms with E-state index in [-0.39, 0.29) is 17.6 Å². The van der Waals surface area contributed by atoms with Gasteiger partial charge in [-0.05, 0) is 73.8 Å². The predicted octanol–water partition coefficient (Wildman–Crippen LogP) is 5.01. The van der Waals surface area contributed by atoms with Crippen LogP contribution in [0.25, 0.3) is 10.9 Å². The van der Waals surface area contributed by atoms with Crippen molar-refractivity contribution >= 4 is 22.4 Å². The van der Waals surface area contributed by atoms with E-state index in [4.69, 9.17) is 5.10 Å². The average Bonchev–Trinajstić information content (AvgIpc) is 3.24. The first-order valence-corrected chi connectivity index (χ1v) is 12.8. The Morgan fingerprint density at radius 2 is 1.92 bits per heavy atom. The maximum atomic E-state index is 12.8. The minimum Gasteiger partial charge on any atom is -0.338 e. The monoisotopic (exact) mass is 482 g/mol. The number of nitrogens with one attached hydrogen (secondary N) is 2. The SMILES string of the molecule is Cc1cc(Nc2nn(C(CC#N)C3CC3)c3cc[nH]c(=O)c23)ccc1[C@H](C1CCCC1)n1nccn1. The number of hydrogen-bond acceptors (Lipinski definition) is 6. The summed E-state index contributed by atoms with van der Waals surface area (Å²) in [5, 5.41) is 27.1. The van der Waals surface area contributed by atoms with Crippen molar-refractivity contribution in [2.45, 2.75) is 64.0 Å². The molecule has 2 fully saturated rings. The van der Waals surface area contributed by atoms with Crippen LogP contribution >= 0.6 is 0 Å². The summed E-state index contributed by atoms with van der Waals surface area (Å²) in [6.07, 6.45) is 12.6. The molecule has 0 radical (unpaired) electrons. The summed E-state index contributed by atoms with van der Waals surface area (Å²) < 4.78 is 1.88. The molecule has 2 N–H and O–H groups in total. The van der Waals surface area contributed by atoms with E-state index in [9.17, 15) is 10.1 Å². The van der Waals surface area contributed by atoms with Gasteiger partial charge >= 0.3 is 0 Å². The molecule has 0 spiro atoms. The summed E-state index contributed by atoms with van der Waals surface area (Å²) in [4.78, 5) is 17.5. The average molecular weight is 483 g/mol. The van der Waals surface area contributed by atoms with Crippen LogP contribution in [-0.2, 0) is 0 Å². The number of hydrogen-bond donors (Lipinski definition) is 2. The molecule has 36 heavy (non-hydrogen) atoms. The molecular formula is C27H30N8O. The highest BCUT2D eigenvalue weighted by molar-refractivity contribution is 5.91. The van der Waals surface area contributed by atoms with Gasteiger partial charge in [-0.2, -0.15) is 25.4 Å². The second-order valence-electron chi connectivity index (χ2n) is 10.2. The summed E-state index contributed by atoms with van der Waals surface area (Å²) >= 11 is 0. The van der Waals surface area contributed by atoms with E-state index in [1.807, 2.05) is 21.6 Å². The van der Waals surface area contributed by atoms with Gasteiger partial charge in [0.25, 0.3) is 5.56 Å². The molecule has 1 unspecified atom stereocenters. The van der Waals surface area contributed by atoms with Crippen molar-refractivity contribution in [3.05, 3.63) is 64.3 Å². The number of pyridine rings is 1. The van der Waals surface area contributed by atoms with Crippen molar-refractivity contribution in [1.82, 2.24) is 29.8 Å². The highest BCUT2D eigenvalue weighted by Gasteiger charge is 2.35.